The van der Waals surface area contributed by atoms with Gasteiger partial charge in [0.25, 0.3) is 0 Å². The average Bonchev–Trinajstić information content (AvgIpc) is 2.28. The largest absolute Gasteiger partial charge is 0.384 e. The van der Waals surface area contributed by atoms with E-state index in [0.29, 0.717) is 18.3 Å². The van der Waals surface area contributed by atoms with E-state index in [0.717, 1.165) is 5.56 Å². The lowest BCUT2D eigenvalue weighted by atomic mass is 10.2. The zero-order valence-electron chi connectivity index (χ0n) is 9.01. The number of hydrogen-bond acceptors (Lipinski definition) is 5. The van der Waals surface area contributed by atoms with Crippen LogP contribution in [0.5, 0.6) is 0 Å². The maximum atomic E-state index is 5.55. The number of nitrogen functional groups attached to an aromatic ring is 1. The van der Waals surface area contributed by atoms with Gasteiger partial charge in [-0.25, -0.2) is 4.98 Å². The third-order valence-electron chi connectivity index (χ3n) is 2.26. The standard InChI is InChI=1S/C11H13N5/c1-8-2-4-13-6-9(8)7-15-11-14-5-3-10(12)16-11/h2-6H,7H2,1H3,(H3,12,14,15,16). The van der Waals surface area contributed by atoms with E-state index in [2.05, 4.69) is 20.3 Å². The lowest BCUT2D eigenvalue weighted by Crippen LogP contribution is -2.06. The number of nitrogens with two attached hydrogens (primary N) is 1. The quantitative estimate of drug-likeness (QED) is 0.808. The first-order chi connectivity index (χ1) is 7.75. The van der Waals surface area contributed by atoms with Gasteiger partial charge in [0.2, 0.25) is 5.95 Å². The highest BCUT2D eigenvalue weighted by atomic mass is 15.1. The second-order valence-corrected chi connectivity index (χ2v) is 3.46. The van der Waals surface area contributed by atoms with E-state index < -0.39 is 0 Å². The Morgan fingerprint density at radius 3 is 2.94 bits per heavy atom. The second kappa shape index (κ2) is 4.57. The van der Waals surface area contributed by atoms with Crippen LogP contribution in [0.1, 0.15) is 11.1 Å². The zero-order valence-corrected chi connectivity index (χ0v) is 9.01. The van der Waals surface area contributed by atoms with Gasteiger partial charge >= 0.3 is 0 Å². The number of nitrogens with zero attached hydrogens (tertiary/aromatic N) is 3. The number of aromatic nitrogens is 3. The van der Waals surface area contributed by atoms with Crippen LogP contribution in [0.3, 0.4) is 0 Å². The van der Waals surface area contributed by atoms with Crippen LogP contribution in [-0.2, 0) is 6.54 Å². The van der Waals surface area contributed by atoms with Crippen molar-refractivity contribution in [2.75, 3.05) is 11.1 Å². The Hall–Kier alpha value is -2.17. The van der Waals surface area contributed by atoms with Gasteiger partial charge in [-0.05, 0) is 30.2 Å². The molecule has 0 fully saturated rings. The molecular formula is C11H13N5. The van der Waals surface area contributed by atoms with Crippen LogP contribution in [0, 0.1) is 6.92 Å². The zero-order chi connectivity index (χ0) is 11.4. The summed E-state index contributed by atoms with van der Waals surface area (Å²) in [6.07, 6.45) is 5.23. The van der Waals surface area contributed by atoms with Crippen LogP contribution in [0.2, 0.25) is 0 Å². The SMILES string of the molecule is Cc1ccncc1CNc1nccc(N)n1. The minimum Gasteiger partial charge on any atom is -0.384 e. The maximum absolute atomic E-state index is 5.55. The van der Waals surface area contributed by atoms with Crippen molar-refractivity contribution >= 4 is 11.8 Å². The van der Waals surface area contributed by atoms with Crippen molar-refractivity contribution < 1.29 is 0 Å². The molecule has 2 aromatic heterocycles. The van der Waals surface area contributed by atoms with Gasteiger partial charge in [0.15, 0.2) is 0 Å². The van der Waals surface area contributed by atoms with Crippen molar-refractivity contribution in [3.8, 4) is 0 Å². The van der Waals surface area contributed by atoms with Crippen LogP contribution >= 0.6 is 0 Å². The van der Waals surface area contributed by atoms with E-state index in [1.54, 1.807) is 18.5 Å². The molecule has 5 heteroatoms. The molecule has 0 aliphatic rings. The molecule has 16 heavy (non-hydrogen) atoms. The first-order valence-corrected chi connectivity index (χ1v) is 4.97. The molecule has 0 saturated carbocycles. The van der Waals surface area contributed by atoms with Gasteiger partial charge in [-0.2, -0.15) is 4.98 Å². The number of rotatable bonds is 3. The summed E-state index contributed by atoms with van der Waals surface area (Å²) in [7, 11) is 0. The van der Waals surface area contributed by atoms with Crippen molar-refractivity contribution in [3.05, 3.63) is 41.9 Å². The topological polar surface area (TPSA) is 76.7 Å². The van der Waals surface area contributed by atoms with E-state index in [1.807, 2.05) is 19.2 Å². The molecule has 0 unspecified atom stereocenters. The van der Waals surface area contributed by atoms with Crippen LogP contribution in [0.25, 0.3) is 0 Å². The van der Waals surface area contributed by atoms with E-state index >= 15 is 0 Å². The molecule has 0 amide bonds. The number of nitrogens with one attached hydrogen (secondary N) is 1. The molecule has 3 N–H and O–H groups in total. The number of anilines is 2. The fourth-order valence-electron chi connectivity index (χ4n) is 1.31. The summed E-state index contributed by atoms with van der Waals surface area (Å²) in [6.45, 7) is 2.68. The van der Waals surface area contributed by atoms with Gasteiger partial charge < -0.3 is 11.1 Å². The molecule has 0 saturated heterocycles. The monoisotopic (exact) mass is 215 g/mol. The Morgan fingerprint density at radius 1 is 1.31 bits per heavy atom. The van der Waals surface area contributed by atoms with Crippen molar-refractivity contribution in [3.63, 3.8) is 0 Å². The highest BCUT2D eigenvalue weighted by Gasteiger charge is 1.99. The molecule has 2 aromatic rings. The van der Waals surface area contributed by atoms with Crippen molar-refractivity contribution in [2.24, 2.45) is 0 Å². The van der Waals surface area contributed by atoms with Crippen molar-refractivity contribution in [1.82, 2.24) is 15.0 Å². The van der Waals surface area contributed by atoms with E-state index in [-0.39, 0.29) is 0 Å². The van der Waals surface area contributed by atoms with Gasteiger partial charge in [0, 0.05) is 25.1 Å². The first-order valence-electron chi connectivity index (χ1n) is 4.97. The van der Waals surface area contributed by atoms with Gasteiger partial charge in [0.05, 0.1) is 0 Å². The normalized spacial score (nSPS) is 10.1. The predicted molar refractivity (Wildman–Crippen MR) is 62.7 cm³/mol. The molecule has 0 radical (unpaired) electrons. The summed E-state index contributed by atoms with van der Waals surface area (Å²) in [5.41, 5.74) is 7.86. The summed E-state index contributed by atoms with van der Waals surface area (Å²) < 4.78 is 0. The first kappa shape index (κ1) is 10.4. The summed E-state index contributed by atoms with van der Waals surface area (Å²) in [6, 6.07) is 3.62. The molecular weight excluding hydrogens is 202 g/mol. The Bertz CT molecular complexity index is 483. The molecule has 5 nitrogen and oxygen atoms in total. The molecule has 2 rings (SSSR count). The van der Waals surface area contributed by atoms with Crippen LogP contribution < -0.4 is 11.1 Å². The van der Waals surface area contributed by atoms with Gasteiger partial charge in [-0.3, -0.25) is 4.98 Å². The smallest absolute Gasteiger partial charge is 0.224 e. The fraction of sp³-hybridized carbons (Fsp3) is 0.182. The molecule has 0 bridgehead atoms. The maximum Gasteiger partial charge on any atom is 0.224 e. The second-order valence-electron chi connectivity index (χ2n) is 3.46. The molecule has 0 aliphatic heterocycles. The van der Waals surface area contributed by atoms with E-state index in [9.17, 15) is 0 Å². The average molecular weight is 215 g/mol. The van der Waals surface area contributed by atoms with E-state index in [4.69, 9.17) is 5.73 Å². The van der Waals surface area contributed by atoms with Crippen molar-refractivity contribution in [2.45, 2.75) is 13.5 Å². The lowest BCUT2D eigenvalue weighted by Gasteiger charge is -2.06. The van der Waals surface area contributed by atoms with Gasteiger partial charge in [-0.1, -0.05) is 0 Å². The number of pyridine rings is 1. The van der Waals surface area contributed by atoms with Gasteiger partial charge in [0.1, 0.15) is 5.82 Å². The van der Waals surface area contributed by atoms with Crippen LogP contribution in [0.15, 0.2) is 30.7 Å². The fourth-order valence-corrected chi connectivity index (χ4v) is 1.31. The number of aryl methyl sites for hydroxylation is 1. The minimum absolute atomic E-state index is 0.459. The van der Waals surface area contributed by atoms with E-state index in [1.165, 1.54) is 5.56 Å². The Kier molecular flexibility index (Phi) is 2.95. The number of hydrogen-bond donors (Lipinski definition) is 2. The molecule has 0 spiro atoms. The summed E-state index contributed by atoms with van der Waals surface area (Å²) in [5, 5.41) is 3.10. The third-order valence-corrected chi connectivity index (χ3v) is 2.26. The Labute approximate surface area is 93.8 Å². The Morgan fingerprint density at radius 2 is 2.19 bits per heavy atom. The van der Waals surface area contributed by atoms with Crippen LogP contribution in [0.4, 0.5) is 11.8 Å². The summed E-state index contributed by atoms with van der Waals surface area (Å²) in [5.74, 6) is 0.990. The molecule has 2 heterocycles. The molecule has 0 atom stereocenters. The summed E-state index contributed by atoms with van der Waals surface area (Å²) >= 11 is 0. The minimum atomic E-state index is 0.459. The summed E-state index contributed by atoms with van der Waals surface area (Å²) in [4.78, 5) is 12.2. The highest BCUT2D eigenvalue weighted by Crippen LogP contribution is 2.08. The Balaban J connectivity index is 2.05. The van der Waals surface area contributed by atoms with Crippen LogP contribution in [-0.4, -0.2) is 15.0 Å². The lowest BCUT2D eigenvalue weighted by molar-refractivity contribution is 1.03. The van der Waals surface area contributed by atoms with Crippen molar-refractivity contribution in [1.29, 1.82) is 0 Å². The highest BCUT2D eigenvalue weighted by molar-refractivity contribution is 5.36. The molecule has 0 aliphatic carbocycles. The third kappa shape index (κ3) is 2.44. The molecule has 82 valence electrons. The van der Waals surface area contributed by atoms with Gasteiger partial charge in [-0.15, -0.1) is 0 Å². The molecule has 0 aromatic carbocycles. The predicted octanol–water partition coefficient (Wildman–Crippen LogP) is 1.37.